The van der Waals surface area contributed by atoms with Gasteiger partial charge in [0.15, 0.2) is 0 Å². The highest BCUT2D eigenvalue weighted by molar-refractivity contribution is 7.19. The van der Waals surface area contributed by atoms with Crippen LogP contribution in [0.4, 0.5) is 10.7 Å². The topological polar surface area (TPSA) is 59.9 Å². The van der Waals surface area contributed by atoms with Crippen LogP contribution < -0.4 is 10.6 Å². The van der Waals surface area contributed by atoms with E-state index in [0.717, 1.165) is 5.00 Å². The van der Waals surface area contributed by atoms with Crippen molar-refractivity contribution >= 4 is 51.1 Å². The molecule has 0 spiro atoms. The van der Waals surface area contributed by atoms with Gasteiger partial charge in [-0.05, 0) is 17.7 Å². The van der Waals surface area contributed by atoms with Gasteiger partial charge >= 0.3 is 0 Å². The smallest absolute Gasteiger partial charge is 0.258 e. The van der Waals surface area contributed by atoms with Crippen molar-refractivity contribution in [3.8, 4) is 11.1 Å². The lowest BCUT2D eigenvalue weighted by molar-refractivity contribution is 0.100. The molecule has 0 aliphatic carbocycles. The van der Waals surface area contributed by atoms with Crippen LogP contribution in [-0.2, 0) is 4.74 Å². The molecule has 24 heavy (non-hydrogen) atoms. The SMILES string of the molecule is [C-]#[N+]c1c(N2CCOCC2)sc(C(N)=O)c1-c1ccc(Cl)c(Cl)c1. The summed E-state index contributed by atoms with van der Waals surface area (Å²) in [5.74, 6) is -0.564. The zero-order valence-corrected chi connectivity index (χ0v) is 14.8. The first-order valence-electron chi connectivity index (χ1n) is 7.15. The number of nitrogens with zero attached hydrogens (tertiary/aromatic N) is 2. The molecule has 124 valence electrons. The number of carbonyl (C=O) groups is 1. The Morgan fingerprint density at radius 2 is 2.00 bits per heavy atom. The summed E-state index contributed by atoms with van der Waals surface area (Å²) in [5, 5.41) is 1.51. The second kappa shape index (κ2) is 6.99. The summed E-state index contributed by atoms with van der Waals surface area (Å²) < 4.78 is 5.35. The summed E-state index contributed by atoms with van der Waals surface area (Å²) in [6, 6.07) is 5.03. The second-order valence-corrected chi connectivity index (χ2v) is 6.98. The first-order valence-corrected chi connectivity index (χ1v) is 8.72. The quantitative estimate of drug-likeness (QED) is 0.810. The normalized spacial score (nSPS) is 14.5. The number of hydrogen-bond donors (Lipinski definition) is 1. The molecule has 1 amide bonds. The zero-order chi connectivity index (χ0) is 17.3. The molecule has 0 radical (unpaired) electrons. The fourth-order valence-corrected chi connectivity index (χ4v) is 4.05. The molecule has 0 saturated carbocycles. The molecule has 1 fully saturated rings. The Kier molecular flexibility index (Phi) is 4.97. The molecule has 8 heteroatoms. The molecule has 0 unspecified atom stereocenters. The monoisotopic (exact) mass is 381 g/mol. The third-order valence-electron chi connectivity index (χ3n) is 3.71. The number of halogens is 2. The van der Waals surface area contributed by atoms with Crippen molar-refractivity contribution in [1.29, 1.82) is 0 Å². The summed E-state index contributed by atoms with van der Waals surface area (Å²) in [6.45, 7) is 10.1. The van der Waals surface area contributed by atoms with E-state index in [1.165, 1.54) is 11.3 Å². The highest BCUT2D eigenvalue weighted by atomic mass is 35.5. The first kappa shape index (κ1) is 17.1. The Labute approximate surface area is 153 Å². The maximum atomic E-state index is 11.9. The van der Waals surface area contributed by atoms with Gasteiger partial charge in [0.2, 0.25) is 5.69 Å². The number of benzene rings is 1. The highest BCUT2D eigenvalue weighted by Gasteiger charge is 2.27. The third-order valence-corrected chi connectivity index (χ3v) is 5.70. The van der Waals surface area contributed by atoms with Crippen LogP contribution in [0, 0.1) is 6.57 Å². The number of thiophene rings is 1. The maximum absolute atomic E-state index is 11.9. The summed E-state index contributed by atoms with van der Waals surface area (Å²) in [5.41, 5.74) is 7.13. The van der Waals surface area contributed by atoms with Crippen molar-refractivity contribution in [2.24, 2.45) is 5.73 Å². The summed E-state index contributed by atoms with van der Waals surface area (Å²) >= 11 is 13.3. The van der Waals surface area contributed by atoms with Crippen molar-refractivity contribution in [2.75, 3.05) is 31.2 Å². The molecule has 2 N–H and O–H groups in total. The van der Waals surface area contributed by atoms with E-state index in [1.54, 1.807) is 18.2 Å². The lowest BCUT2D eigenvalue weighted by Gasteiger charge is -2.28. The number of amides is 1. The van der Waals surface area contributed by atoms with Crippen LogP contribution >= 0.6 is 34.5 Å². The van der Waals surface area contributed by atoms with Crippen LogP contribution in [-0.4, -0.2) is 32.2 Å². The Morgan fingerprint density at radius 1 is 1.29 bits per heavy atom. The van der Waals surface area contributed by atoms with Crippen LogP contribution in [0.15, 0.2) is 18.2 Å². The molecule has 1 aromatic carbocycles. The molecule has 2 heterocycles. The largest absolute Gasteiger partial charge is 0.378 e. The van der Waals surface area contributed by atoms with Gasteiger partial charge in [-0.3, -0.25) is 4.79 Å². The number of carbonyl (C=O) groups excluding carboxylic acids is 1. The van der Waals surface area contributed by atoms with E-state index >= 15 is 0 Å². The molecule has 0 bridgehead atoms. The number of anilines is 1. The molecule has 3 rings (SSSR count). The lowest BCUT2D eigenvalue weighted by Crippen LogP contribution is -2.35. The Morgan fingerprint density at radius 3 is 2.58 bits per heavy atom. The van der Waals surface area contributed by atoms with Crippen LogP contribution in [0.5, 0.6) is 0 Å². The van der Waals surface area contributed by atoms with E-state index in [9.17, 15) is 4.79 Å². The molecular weight excluding hydrogens is 369 g/mol. The predicted octanol–water partition coefficient (Wildman–Crippen LogP) is 4.21. The van der Waals surface area contributed by atoms with Crippen molar-refractivity contribution in [2.45, 2.75) is 0 Å². The van der Waals surface area contributed by atoms with E-state index < -0.39 is 5.91 Å². The number of hydrogen-bond acceptors (Lipinski definition) is 4. The minimum atomic E-state index is -0.564. The van der Waals surface area contributed by atoms with Crippen molar-refractivity contribution < 1.29 is 9.53 Å². The predicted molar refractivity (Wildman–Crippen MR) is 97.6 cm³/mol. The minimum absolute atomic E-state index is 0.348. The van der Waals surface area contributed by atoms with E-state index in [4.69, 9.17) is 40.2 Å². The molecule has 1 saturated heterocycles. The van der Waals surface area contributed by atoms with E-state index in [0.29, 0.717) is 58.0 Å². The average Bonchev–Trinajstić information content (AvgIpc) is 2.98. The fraction of sp³-hybridized carbons (Fsp3) is 0.250. The molecule has 1 aliphatic heterocycles. The molecular formula is C16H13Cl2N3O2S. The average molecular weight is 382 g/mol. The van der Waals surface area contributed by atoms with E-state index in [-0.39, 0.29) is 0 Å². The molecule has 2 aromatic rings. The molecule has 5 nitrogen and oxygen atoms in total. The Hall–Kier alpha value is -1.78. The van der Waals surface area contributed by atoms with Gasteiger partial charge < -0.3 is 15.4 Å². The third kappa shape index (κ3) is 3.08. The summed E-state index contributed by atoms with van der Waals surface area (Å²) in [7, 11) is 0. The standard InChI is InChI=1S/C16H13Cl2N3O2S/c1-20-13-12(9-2-3-10(17)11(18)8-9)14(15(19)22)24-16(13)21-4-6-23-7-5-21/h2-3,8H,4-7H2,(H2,19,22). The fourth-order valence-electron chi connectivity index (χ4n) is 2.59. The molecule has 1 aromatic heterocycles. The first-order chi connectivity index (χ1) is 11.5. The van der Waals surface area contributed by atoms with Gasteiger partial charge in [-0.1, -0.05) is 29.3 Å². The Balaban J connectivity index is 2.19. The number of morpholine rings is 1. The van der Waals surface area contributed by atoms with Gasteiger partial charge in [0, 0.05) is 18.7 Å². The summed E-state index contributed by atoms with van der Waals surface area (Å²) in [6.07, 6.45) is 0. The Bertz CT molecular complexity index is 839. The lowest BCUT2D eigenvalue weighted by atomic mass is 10.0. The van der Waals surface area contributed by atoms with Gasteiger partial charge in [-0.2, -0.15) is 0 Å². The van der Waals surface area contributed by atoms with Crippen molar-refractivity contribution in [3.63, 3.8) is 0 Å². The van der Waals surface area contributed by atoms with E-state index in [2.05, 4.69) is 9.74 Å². The van der Waals surface area contributed by atoms with Gasteiger partial charge in [-0.25, -0.2) is 4.85 Å². The van der Waals surface area contributed by atoms with Gasteiger partial charge in [0.25, 0.3) is 5.91 Å². The maximum Gasteiger partial charge on any atom is 0.258 e. The van der Waals surface area contributed by atoms with Crippen molar-refractivity contribution in [1.82, 2.24) is 0 Å². The molecule has 1 aliphatic rings. The van der Waals surface area contributed by atoms with E-state index in [1.807, 2.05) is 0 Å². The highest BCUT2D eigenvalue weighted by Crippen LogP contribution is 2.49. The number of rotatable bonds is 3. The second-order valence-electron chi connectivity index (χ2n) is 5.16. The number of nitrogens with two attached hydrogens (primary N) is 1. The van der Waals surface area contributed by atoms with Crippen LogP contribution in [0.1, 0.15) is 9.67 Å². The van der Waals surface area contributed by atoms with Crippen LogP contribution in [0.2, 0.25) is 10.0 Å². The zero-order valence-electron chi connectivity index (χ0n) is 12.5. The number of primary amides is 1. The van der Waals surface area contributed by atoms with Gasteiger partial charge in [-0.15, -0.1) is 11.3 Å². The molecule has 0 atom stereocenters. The summed E-state index contributed by atoms with van der Waals surface area (Å²) in [4.78, 5) is 18.0. The minimum Gasteiger partial charge on any atom is -0.378 e. The van der Waals surface area contributed by atoms with Crippen LogP contribution in [0.25, 0.3) is 16.0 Å². The van der Waals surface area contributed by atoms with Crippen LogP contribution in [0.3, 0.4) is 0 Å². The van der Waals surface area contributed by atoms with Crippen molar-refractivity contribution in [3.05, 3.63) is 44.5 Å². The number of ether oxygens (including phenoxy) is 1. The van der Waals surface area contributed by atoms with Gasteiger partial charge in [0.1, 0.15) is 0 Å². The van der Waals surface area contributed by atoms with Gasteiger partial charge in [0.05, 0.1) is 39.7 Å².